The van der Waals surface area contributed by atoms with Crippen LogP contribution in [0.15, 0.2) is 35.2 Å². The minimum absolute atomic E-state index is 0.0213. The maximum Gasteiger partial charge on any atom is 0.258 e. The van der Waals surface area contributed by atoms with Crippen molar-refractivity contribution >= 4 is 21.4 Å². The van der Waals surface area contributed by atoms with Gasteiger partial charge in [0.25, 0.3) is 5.91 Å². The highest BCUT2D eigenvalue weighted by atomic mass is 32.2. The fourth-order valence-corrected chi connectivity index (χ4v) is 2.73. The van der Waals surface area contributed by atoms with Crippen LogP contribution in [0.4, 0.5) is 23.2 Å². The van der Waals surface area contributed by atoms with Gasteiger partial charge in [-0.3, -0.25) is 4.79 Å². The van der Waals surface area contributed by atoms with Crippen LogP contribution in [0.2, 0.25) is 0 Å². The van der Waals surface area contributed by atoms with Crippen molar-refractivity contribution in [3.8, 4) is 0 Å². The highest BCUT2D eigenvalue weighted by molar-refractivity contribution is 7.91. The molecule has 0 atom stereocenters. The topological polar surface area (TPSA) is 63.2 Å². The number of hydrogen-bond acceptors (Lipinski definition) is 3. The van der Waals surface area contributed by atoms with E-state index in [4.69, 9.17) is 0 Å². The molecule has 9 heteroatoms. The van der Waals surface area contributed by atoms with Crippen molar-refractivity contribution in [2.45, 2.75) is 11.8 Å². The predicted octanol–water partition coefficient (Wildman–Crippen LogP) is 3.29. The Bertz CT molecular complexity index is 896. The van der Waals surface area contributed by atoms with Crippen LogP contribution in [0.25, 0.3) is 0 Å². The van der Waals surface area contributed by atoms with Crippen LogP contribution in [-0.4, -0.2) is 20.1 Å². The normalized spacial score (nSPS) is 11.4. The Balaban J connectivity index is 2.28. The number of anilines is 1. The summed E-state index contributed by atoms with van der Waals surface area (Å²) in [5, 5.41) is 2.14. The van der Waals surface area contributed by atoms with Crippen molar-refractivity contribution in [1.82, 2.24) is 0 Å². The van der Waals surface area contributed by atoms with E-state index in [1.54, 1.807) is 0 Å². The molecule has 0 heterocycles. The van der Waals surface area contributed by atoms with Gasteiger partial charge in [-0.05, 0) is 30.3 Å². The lowest BCUT2D eigenvalue weighted by atomic mass is 10.1. The highest BCUT2D eigenvalue weighted by Gasteiger charge is 2.23. The van der Waals surface area contributed by atoms with Gasteiger partial charge in [0.2, 0.25) is 0 Å². The molecule has 0 unspecified atom stereocenters. The molecule has 1 N–H and O–H groups in total. The molecule has 0 aliphatic heterocycles. The molecular formula is C15H11F4NO3S. The summed E-state index contributed by atoms with van der Waals surface area (Å²) in [7, 11) is -3.43. The van der Waals surface area contributed by atoms with Crippen molar-refractivity contribution in [3.05, 3.63) is 59.2 Å². The minimum atomic E-state index is -3.43. The molecule has 128 valence electrons. The smallest absolute Gasteiger partial charge is 0.258 e. The second kappa shape index (κ2) is 6.60. The SMILES string of the molecule is CCS(=O)(=O)c1ccc(NC(=O)c2cc(F)c(F)c(F)c2F)cc1. The lowest BCUT2D eigenvalue weighted by Gasteiger charge is -2.08. The van der Waals surface area contributed by atoms with E-state index < -0.39 is 44.6 Å². The molecule has 0 aliphatic rings. The summed E-state index contributed by atoms with van der Waals surface area (Å²) in [6.45, 7) is 1.46. The first-order valence-electron chi connectivity index (χ1n) is 6.64. The van der Waals surface area contributed by atoms with E-state index in [9.17, 15) is 30.8 Å². The molecule has 0 fully saturated rings. The van der Waals surface area contributed by atoms with Crippen LogP contribution >= 0.6 is 0 Å². The predicted molar refractivity (Wildman–Crippen MR) is 78.4 cm³/mol. The zero-order valence-electron chi connectivity index (χ0n) is 12.2. The number of benzene rings is 2. The molecular weight excluding hydrogens is 350 g/mol. The van der Waals surface area contributed by atoms with Gasteiger partial charge in [0.05, 0.1) is 16.2 Å². The van der Waals surface area contributed by atoms with Crippen LogP contribution < -0.4 is 5.32 Å². The Morgan fingerprint density at radius 1 is 1.00 bits per heavy atom. The summed E-state index contributed by atoms with van der Waals surface area (Å²) < 4.78 is 76.0. The summed E-state index contributed by atoms with van der Waals surface area (Å²) in [5.74, 6) is -8.96. The number of halogens is 4. The molecule has 2 rings (SSSR count). The second-order valence-corrected chi connectivity index (χ2v) is 7.01. The van der Waals surface area contributed by atoms with Gasteiger partial charge >= 0.3 is 0 Å². The fourth-order valence-electron chi connectivity index (χ4n) is 1.85. The summed E-state index contributed by atoms with van der Waals surface area (Å²) >= 11 is 0. The fraction of sp³-hybridized carbons (Fsp3) is 0.133. The Morgan fingerprint density at radius 3 is 2.12 bits per heavy atom. The first-order chi connectivity index (χ1) is 11.2. The summed E-state index contributed by atoms with van der Waals surface area (Å²) in [5.41, 5.74) is -0.948. The number of nitrogens with one attached hydrogen (secondary N) is 1. The van der Waals surface area contributed by atoms with Gasteiger partial charge in [-0.2, -0.15) is 0 Å². The van der Waals surface area contributed by atoms with Gasteiger partial charge in [0.1, 0.15) is 0 Å². The second-order valence-electron chi connectivity index (χ2n) is 4.73. The molecule has 24 heavy (non-hydrogen) atoms. The van der Waals surface area contributed by atoms with Crippen LogP contribution in [0.1, 0.15) is 17.3 Å². The Morgan fingerprint density at radius 2 is 1.58 bits per heavy atom. The van der Waals surface area contributed by atoms with E-state index in [1.807, 2.05) is 0 Å². The van der Waals surface area contributed by atoms with Crippen LogP contribution in [0, 0.1) is 23.3 Å². The van der Waals surface area contributed by atoms with E-state index in [-0.39, 0.29) is 22.4 Å². The third-order valence-corrected chi connectivity index (χ3v) is 4.95. The molecule has 4 nitrogen and oxygen atoms in total. The van der Waals surface area contributed by atoms with Crippen LogP contribution in [-0.2, 0) is 9.84 Å². The van der Waals surface area contributed by atoms with Crippen molar-refractivity contribution in [1.29, 1.82) is 0 Å². The Kier molecular flexibility index (Phi) is 4.93. The van der Waals surface area contributed by atoms with E-state index >= 15 is 0 Å². The molecule has 0 spiro atoms. The van der Waals surface area contributed by atoms with Crippen molar-refractivity contribution in [2.24, 2.45) is 0 Å². The van der Waals surface area contributed by atoms with Gasteiger partial charge in [-0.1, -0.05) is 6.92 Å². The number of carbonyl (C=O) groups is 1. The third-order valence-electron chi connectivity index (χ3n) is 3.20. The van der Waals surface area contributed by atoms with Crippen molar-refractivity contribution in [3.63, 3.8) is 0 Å². The van der Waals surface area contributed by atoms with Crippen LogP contribution in [0.3, 0.4) is 0 Å². The molecule has 0 aromatic heterocycles. The zero-order chi connectivity index (χ0) is 18.1. The summed E-state index contributed by atoms with van der Waals surface area (Å²) in [4.78, 5) is 11.9. The first-order valence-corrected chi connectivity index (χ1v) is 8.29. The molecule has 0 radical (unpaired) electrons. The molecule has 0 aliphatic carbocycles. The first kappa shape index (κ1) is 17.9. The van der Waals surface area contributed by atoms with E-state index in [0.29, 0.717) is 0 Å². The van der Waals surface area contributed by atoms with Crippen molar-refractivity contribution in [2.75, 3.05) is 11.1 Å². The number of hydrogen-bond donors (Lipinski definition) is 1. The van der Waals surface area contributed by atoms with E-state index in [2.05, 4.69) is 5.32 Å². The van der Waals surface area contributed by atoms with Gasteiger partial charge < -0.3 is 5.32 Å². The monoisotopic (exact) mass is 361 g/mol. The standard InChI is InChI=1S/C15H11F4NO3S/c1-2-24(22,23)9-5-3-8(4-6-9)20-15(21)10-7-11(16)13(18)14(19)12(10)17/h3-7H,2H2,1H3,(H,20,21). The van der Waals surface area contributed by atoms with Gasteiger partial charge in [0.15, 0.2) is 33.1 Å². The number of rotatable bonds is 4. The molecule has 2 aromatic rings. The lowest BCUT2D eigenvalue weighted by molar-refractivity contribution is 0.102. The minimum Gasteiger partial charge on any atom is -0.322 e. The molecule has 0 bridgehead atoms. The van der Waals surface area contributed by atoms with Gasteiger partial charge in [0, 0.05) is 5.69 Å². The zero-order valence-corrected chi connectivity index (χ0v) is 13.1. The van der Waals surface area contributed by atoms with Gasteiger partial charge in [-0.25, -0.2) is 26.0 Å². The van der Waals surface area contributed by atoms with Crippen LogP contribution in [0.5, 0.6) is 0 Å². The van der Waals surface area contributed by atoms with Gasteiger partial charge in [-0.15, -0.1) is 0 Å². The highest BCUT2D eigenvalue weighted by Crippen LogP contribution is 2.21. The third kappa shape index (κ3) is 3.40. The largest absolute Gasteiger partial charge is 0.322 e. The van der Waals surface area contributed by atoms with E-state index in [0.717, 1.165) is 0 Å². The quantitative estimate of drug-likeness (QED) is 0.516. The van der Waals surface area contributed by atoms with E-state index in [1.165, 1.54) is 31.2 Å². The maximum atomic E-state index is 13.5. The molecule has 1 amide bonds. The Labute approximate surface area is 135 Å². The average molecular weight is 361 g/mol. The Hall–Kier alpha value is -2.42. The average Bonchev–Trinajstić information content (AvgIpc) is 2.56. The molecule has 0 saturated heterocycles. The summed E-state index contributed by atoms with van der Waals surface area (Å²) in [6, 6.07) is 5.13. The lowest BCUT2D eigenvalue weighted by Crippen LogP contribution is -2.16. The molecule has 2 aromatic carbocycles. The number of amides is 1. The number of sulfone groups is 1. The summed E-state index contributed by atoms with van der Waals surface area (Å²) in [6.07, 6.45) is 0. The number of carbonyl (C=O) groups excluding carboxylic acids is 1. The molecule has 0 saturated carbocycles. The van der Waals surface area contributed by atoms with Crippen molar-refractivity contribution < 1.29 is 30.8 Å². The maximum absolute atomic E-state index is 13.5.